The minimum absolute atomic E-state index is 0.225. The summed E-state index contributed by atoms with van der Waals surface area (Å²) in [5.74, 6) is 0.364. The van der Waals surface area contributed by atoms with Gasteiger partial charge in [-0.1, -0.05) is 18.2 Å². The maximum Gasteiger partial charge on any atom is 0.250 e. The van der Waals surface area contributed by atoms with Gasteiger partial charge in [-0.25, -0.2) is 14.2 Å². The average molecular weight is 409 g/mol. The van der Waals surface area contributed by atoms with Gasteiger partial charge in [0, 0.05) is 24.3 Å². The van der Waals surface area contributed by atoms with E-state index < -0.39 is 0 Å². The minimum atomic E-state index is -0.369. The molecule has 30 heavy (non-hydrogen) atoms. The van der Waals surface area contributed by atoms with Crippen molar-refractivity contribution in [3.63, 3.8) is 0 Å². The molecule has 0 unspecified atom stereocenters. The molecule has 7 nitrogen and oxygen atoms in total. The lowest BCUT2D eigenvalue weighted by Gasteiger charge is -2.26. The number of piperidine rings is 1. The van der Waals surface area contributed by atoms with Crippen LogP contribution in [0.3, 0.4) is 0 Å². The zero-order chi connectivity index (χ0) is 20.8. The second-order valence-corrected chi connectivity index (χ2v) is 6.85. The van der Waals surface area contributed by atoms with Gasteiger partial charge >= 0.3 is 0 Å². The number of hydrogen-bond donors (Lipinski definition) is 2. The minimum Gasteiger partial charge on any atom is -0.341 e. The third-order valence-electron chi connectivity index (χ3n) is 4.64. The van der Waals surface area contributed by atoms with Crippen molar-refractivity contribution in [1.82, 2.24) is 15.0 Å². The lowest BCUT2D eigenvalue weighted by Crippen LogP contribution is -2.31. The van der Waals surface area contributed by atoms with E-state index >= 15 is 0 Å². The zero-order valence-electron chi connectivity index (χ0n) is 16.2. The fourth-order valence-corrected chi connectivity index (χ4v) is 3.11. The molecule has 1 fully saturated rings. The molecule has 4 rings (SSSR count). The first-order valence-corrected chi connectivity index (χ1v) is 9.74. The lowest BCUT2D eigenvalue weighted by atomic mass is 10.1. The van der Waals surface area contributed by atoms with E-state index in [4.69, 9.17) is 0 Å². The number of halogens is 2. The molecule has 0 spiro atoms. The first-order chi connectivity index (χ1) is 14.7. The monoisotopic (exact) mass is 409 g/mol. The number of nitrogens with one attached hydrogen (secondary N) is 2. The molecule has 9 heteroatoms. The molecule has 2 heterocycles. The van der Waals surface area contributed by atoms with Crippen LogP contribution in [-0.2, 0) is 0 Å². The lowest BCUT2D eigenvalue weighted by molar-refractivity contribution is 0.568. The topological polar surface area (TPSA) is 78.3 Å². The maximum absolute atomic E-state index is 13.8. The number of rotatable bonds is 6. The Bertz CT molecular complexity index is 1020. The smallest absolute Gasteiger partial charge is 0.250 e. The van der Waals surface area contributed by atoms with Crippen molar-refractivity contribution in [2.45, 2.75) is 19.3 Å². The Morgan fingerprint density at radius 1 is 0.867 bits per heavy atom. The normalized spacial score (nSPS) is 14.1. The predicted molar refractivity (Wildman–Crippen MR) is 113 cm³/mol. The van der Waals surface area contributed by atoms with Gasteiger partial charge in [-0.15, -0.1) is 0 Å². The van der Waals surface area contributed by atoms with E-state index in [-0.39, 0.29) is 17.6 Å². The van der Waals surface area contributed by atoms with Crippen molar-refractivity contribution in [3.05, 3.63) is 65.7 Å². The summed E-state index contributed by atoms with van der Waals surface area (Å²) in [6, 6.07) is 12.2. The van der Waals surface area contributed by atoms with Crippen LogP contribution in [0.4, 0.5) is 32.3 Å². The quantitative estimate of drug-likeness (QED) is 0.466. The Balaban J connectivity index is 1.57. The highest BCUT2D eigenvalue weighted by Crippen LogP contribution is 2.21. The molecule has 0 atom stereocenters. The van der Waals surface area contributed by atoms with Gasteiger partial charge in [0.15, 0.2) is 0 Å². The van der Waals surface area contributed by atoms with Crippen LogP contribution in [0.25, 0.3) is 0 Å². The zero-order valence-corrected chi connectivity index (χ0v) is 16.2. The van der Waals surface area contributed by atoms with Gasteiger partial charge in [0.1, 0.15) is 11.6 Å². The molecule has 2 aromatic carbocycles. The van der Waals surface area contributed by atoms with E-state index in [9.17, 15) is 8.78 Å². The molecule has 3 aromatic rings. The Kier molecular flexibility index (Phi) is 6.07. The van der Waals surface area contributed by atoms with E-state index in [2.05, 4.69) is 35.7 Å². The largest absolute Gasteiger partial charge is 0.341 e. The molecule has 0 radical (unpaired) electrons. The van der Waals surface area contributed by atoms with E-state index in [0.717, 1.165) is 25.9 Å². The van der Waals surface area contributed by atoms with E-state index in [1.54, 1.807) is 30.3 Å². The summed E-state index contributed by atoms with van der Waals surface area (Å²) >= 11 is 0. The van der Waals surface area contributed by atoms with Crippen molar-refractivity contribution in [3.8, 4) is 0 Å². The molecule has 1 aliphatic heterocycles. The second-order valence-electron chi connectivity index (χ2n) is 6.85. The number of hydrogen-bond acceptors (Lipinski definition) is 7. The number of hydrazone groups is 1. The van der Waals surface area contributed by atoms with Crippen LogP contribution >= 0.6 is 0 Å². The molecule has 0 aliphatic carbocycles. The first-order valence-electron chi connectivity index (χ1n) is 9.74. The number of aromatic nitrogens is 3. The van der Waals surface area contributed by atoms with Gasteiger partial charge in [0.25, 0.3) is 0 Å². The maximum atomic E-state index is 13.8. The van der Waals surface area contributed by atoms with Crippen molar-refractivity contribution >= 4 is 29.7 Å². The van der Waals surface area contributed by atoms with Crippen molar-refractivity contribution in [2.24, 2.45) is 5.10 Å². The molecule has 0 saturated carbocycles. The van der Waals surface area contributed by atoms with Crippen LogP contribution in [0.15, 0.2) is 53.6 Å². The van der Waals surface area contributed by atoms with Crippen LogP contribution < -0.4 is 15.6 Å². The summed E-state index contributed by atoms with van der Waals surface area (Å²) in [5, 5.41) is 7.12. The van der Waals surface area contributed by atoms with Crippen molar-refractivity contribution < 1.29 is 8.78 Å². The van der Waals surface area contributed by atoms with E-state index in [1.165, 1.54) is 30.8 Å². The van der Waals surface area contributed by atoms with Crippen LogP contribution in [0.1, 0.15) is 24.8 Å². The standard InChI is InChI=1S/C21H21F2N7/c22-16-8-10-17(11-9-16)25-19-26-20(28-21(27-19)30-12-4-1-5-13-30)29-24-14-15-6-2-3-7-18(15)23/h2-3,6-11,14H,1,4-5,12-13H2,(H2,25,26,27,28,29)/b24-14-. The fraction of sp³-hybridized carbons (Fsp3) is 0.238. The predicted octanol–water partition coefficient (Wildman–Crippen LogP) is 4.33. The fourth-order valence-electron chi connectivity index (χ4n) is 3.11. The highest BCUT2D eigenvalue weighted by atomic mass is 19.1. The molecule has 1 aromatic heterocycles. The van der Waals surface area contributed by atoms with Crippen LogP contribution in [0, 0.1) is 11.6 Å². The molecule has 154 valence electrons. The molecule has 2 N–H and O–H groups in total. The Morgan fingerprint density at radius 2 is 1.60 bits per heavy atom. The molecule has 0 amide bonds. The molecule has 1 aliphatic rings. The van der Waals surface area contributed by atoms with Crippen molar-refractivity contribution in [2.75, 3.05) is 28.7 Å². The van der Waals surface area contributed by atoms with Crippen molar-refractivity contribution in [1.29, 1.82) is 0 Å². The Hall–Kier alpha value is -3.62. The summed E-state index contributed by atoms with van der Waals surface area (Å²) in [6.07, 6.45) is 4.69. The molecule has 1 saturated heterocycles. The van der Waals surface area contributed by atoms with Crippen LogP contribution in [0.5, 0.6) is 0 Å². The van der Waals surface area contributed by atoms with Gasteiger partial charge < -0.3 is 10.2 Å². The van der Waals surface area contributed by atoms with Gasteiger partial charge in [-0.05, 0) is 49.6 Å². The summed E-state index contributed by atoms with van der Waals surface area (Å²) in [5.41, 5.74) is 3.74. The summed E-state index contributed by atoms with van der Waals surface area (Å²) in [6.45, 7) is 1.72. The van der Waals surface area contributed by atoms with Gasteiger partial charge in [0.2, 0.25) is 17.8 Å². The third-order valence-corrected chi connectivity index (χ3v) is 4.64. The van der Waals surface area contributed by atoms with Gasteiger partial charge in [-0.3, -0.25) is 0 Å². The average Bonchev–Trinajstić information content (AvgIpc) is 2.77. The van der Waals surface area contributed by atoms with Gasteiger partial charge in [-0.2, -0.15) is 20.1 Å². The Morgan fingerprint density at radius 3 is 2.37 bits per heavy atom. The number of benzene rings is 2. The first kappa shape index (κ1) is 19.7. The van der Waals surface area contributed by atoms with Crippen LogP contribution in [-0.4, -0.2) is 34.3 Å². The van der Waals surface area contributed by atoms with Gasteiger partial charge in [0.05, 0.1) is 6.21 Å². The summed E-state index contributed by atoms with van der Waals surface area (Å²) < 4.78 is 26.9. The number of nitrogens with zero attached hydrogens (tertiary/aromatic N) is 5. The molecular weight excluding hydrogens is 388 g/mol. The van der Waals surface area contributed by atoms with Crippen LogP contribution in [0.2, 0.25) is 0 Å². The highest BCUT2D eigenvalue weighted by molar-refractivity contribution is 5.80. The molecule has 0 bridgehead atoms. The van der Waals surface area contributed by atoms with E-state index in [0.29, 0.717) is 23.1 Å². The highest BCUT2D eigenvalue weighted by Gasteiger charge is 2.16. The second kappa shape index (κ2) is 9.25. The number of anilines is 4. The third kappa shape index (κ3) is 5.05. The summed E-state index contributed by atoms with van der Waals surface area (Å²) in [4.78, 5) is 15.4. The summed E-state index contributed by atoms with van der Waals surface area (Å²) in [7, 11) is 0. The molecular formula is C21H21F2N7. The van der Waals surface area contributed by atoms with E-state index in [1.807, 2.05) is 0 Å². The SMILES string of the molecule is Fc1ccc(Nc2nc(N/N=C\c3ccccc3F)nc(N3CCCCC3)n2)cc1. The Labute approximate surface area is 172 Å².